The van der Waals surface area contributed by atoms with Gasteiger partial charge in [-0.1, -0.05) is 35.0 Å². The number of nitrogens with zero attached hydrogens (tertiary/aromatic N) is 4. The fourth-order valence-corrected chi connectivity index (χ4v) is 3.85. The van der Waals surface area contributed by atoms with Crippen molar-refractivity contribution in [1.82, 2.24) is 15.0 Å². The standard InChI is InChI=1S/C23H23ClN4O3/c1-14-21-17-7-5-6-8-18(17)27(16-11-9-15(24)10-12-16)22(30)19(28(21)26-25-14)13-20(29)31-23(2,3)4/h5-12,19H,13H2,1-4H3. The Morgan fingerprint density at radius 2 is 1.81 bits per heavy atom. The summed E-state index contributed by atoms with van der Waals surface area (Å²) in [7, 11) is 0. The minimum atomic E-state index is -0.908. The van der Waals surface area contributed by atoms with E-state index in [-0.39, 0.29) is 12.3 Å². The van der Waals surface area contributed by atoms with E-state index in [1.54, 1.807) is 49.9 Å². The third kappa shape index (κ3) is 4.05. The van der Waals surface area contributed by atoms with Crippen LogP contribution in [0.4, 0.5) is 11.4 Å². The molecule has 0 fully saturated rings. The van der Waals surface area contributed by atoms with E-state index in [4.69, 9.17) is 16.3 Å². The first kappa shape index (κ1) is 21.1. The summed E-state index contributed by atoms with van der Waals surface area (Å²) in [5.74, 6) is -0.781. The maximum Gasteiger partial charge on any atom is 0.309 e. The lowest BCUT2D eigenvalue weighted by molar-refractivity contribution is -0.156. The number of carbonyl (C=O) groups is 2. The van der Waals surface area contributed by atoms with E-state index in [9.17, 15) is 9.59 Å². The van der Waals surface area contributed by atoms with Gasteiger partial charge in [-0.2, -0.15) is 0 Å². The summed E-state index contributed by atoms with van der Waals surface area (Å²) in [5.41, 5.74) is 2.85. The number of aryl methyl sites for hydroxylation is 1. The molecule has 0 saturated heterocycles. The average molecular weight is 439 g/mol. The molecule has 2 aromatic carbocycles. The molecule has 3 aromatic rings. The lowest BCUT2D eigenvalue weighted by Gasteiger charge is -2.26. The van der Waals surface area contributed by atoms with Gasteiger partial charge >= 0.3 is 5.97 Å². The number of amides is 1. The summed E-state index contributed by atoms with van der Waals surface area (Å²) < 4.78 is 7.03. The quantitative estimate of drug-likeness (QED) is 0.546. The van der Waals surface area contributed by atoms with Crippen molar-refractivity contribution >= 4 is 34.9 Å². The number of fused-ring (bicyclic) bond motifs is 3. The van der Waals surface area contributed by atoms with Gasteiger partial charge in [0.1, 0.15) is 11.6 Å². The second-order valence-corrected chi connectivity index (χ2v) is 8.88. The molecule has 2 heterocycles. The summed E-state index contributed by atoms with van der Waals surface area (Å²) in [6, 6.07) is 13.7. The van der Waals surface area contributed by atoms with Gasteiger partial charge in [0, 0.05) is 16.3 Å². The number of para-hydroxylation sites is 1. The van der Waals surface area contributed by atoms with Crippen LogP contribution in [-0.2, 0) is 14.3 Å². The third-order valence-corrected chi connectivity index (χ3v) is 5.18. The van der Waals surface area contributed by atoms with E-state index < -0.39 is 17.6 Å². The molecule has 0 bridgehead atoms. The van der Waals surface area contributed by atoms with E-state index in [0.717, 1.165) is 5.56 Å². The highest BCUT2D eigenvalue weighted by molar-refractivity contribution is 6.30. The van der Waals surface area contributed by atoms with Crippen LogP contribution in [-0.4, -0.2) is 32.5 Å². The normalized spacial score (nSPS) is 15.8. The lowest BCUT2D eigenvalue weighted by atomic mass is 10.1. The molecule has 0 saturated carbocycles. The molecule has 31 heavy (non-hydrogen) atoms. The molecule has 0 N–H and O–H groups in total. The van der Waals surface area contributed by atoms with Gasteiger partial charge in [-0.3, -0.25) is 14.5 Å². The largest absolute Gasteiger partial charge is 0.460 e. The first-order valence-corrected chi connectivity index (χ1v) is 10.4. The molecule has 1 aromatic heterocycles. The van der Waals surface area contributed by atoms with Crippen molar-refractivity contribution < 1.29 is 14.3 Å². The molecule has 1 aliphatic rings. The van der Waals surface area contributed by atoms with Crippen LogP contribution in [0, 0.1) is 6.92 Å². The van der Waals surface area contributed by atoms with Crippen LogP contribution in [0.5, 0.6) is 0 Å². The number of anilines is 2. The summed E-state index contributed by atoms with van der Waals surface area (Å²) >= 11 is 6.07. The van der Waals surface area contributed by atoms with Crippen molar-refractivity contribution in [2.24, 2.45) is 0 Å². The molecule has 1 atom stereocenters. The Bertz CT molecular complexity index is 1150. The van der Waals surface area contributed by atoms with E-state index in [0.29, 0.717) is 27.8 Å². The van der Waals surface area contributed by atoms with Gasteiger partial charge in [0.2, 0.25) is 0 Å². The minimum absolute atomic E-state index is 0.163. The number of hydrogen-bond donors (Lipinski definition) is 0. The highest BCUT2D eigenvalue weighted by atomic mass is 35.5. The van der Waals surface area contributed by atoms with Crippen LogP contribution in [0.25, 0.3) is 11.3 Å². The molecular weight excluding hydrogens is 416 g/mol. The van der Waals surface area contributed by atoms with Crippen LogP contribution in [0.15, 0.2) is 48.5 Å². The van der Waals surface area contributed by atoms with Crippen LogP contribution in [0.2, 0.25) is 5.02 Å². The highest BCUT2D eigenvalue weighted by Gasteiger charge is 2.38. The van der Waals surface area contributed by atoms with Crippen LogP contribution in [0.3, 0.4) is 0 Å². The minimum Gasteiger partial charge on any atom is -0.460 e. The summed E-state index contributed by atoms with van der Waals surface area (Å²) in [4.78, 5) is 28.2. The third-order valence-electron chi connectivity index (χ3n) is 4.93. The van der Waals surface area contributed by atoms with Gasteiger partial charge in [-0.25, -0.2) is 4.68 Å². The van der Waals surface area contributed by atoms with E-state index in [1.807, 2.05) is 31.2 Å². The monoisotopic (exact) mass is 438 g/mol. The van der Waals surface area contributed by atoms with Crippen molar-refractivity contribution in [1.29, 1.82) is 0 Å². The molecule has 1 aliphatic heterocycles. The Morgan fingerprint density at radius 1 is 1.13 bits per heavy atom. The van der Waals surface area contributed by atoms with E-state index in [1.165, 1.54) is 4.68 Å². The number of benzene rings is 2. The predicted octanol–water partition coefficient (Wildman–Crippen LogP) is 4.86. The lowest BCUT2D eigenvalue weighted by Crippen LogP contribution is -2.36. The van der Waals surface area contributed by atoms with Gasteiger partial charge in [0.05, 0.1) is 23.5 Å². The zero-order valence-corrected chi connectivity index (χ0v) is 18.6. The maximum absolute atomic E-state index is 13.9. The van der Waals surface area contributed by atoms with Crippen molar-refractivity contribution in [3.8, 4) is 11.3 Å². The zero-order chi connectivity index (χ0) is 22.3. The van der Waals surface area contributed by atoms with Gasteiger partial charge in [0.25, 0.3) is 5.91 Å². The molecule has 1 amide bonds. The molecule has 0 spiro atoms. The van der Waals surface area contributed by atoms with Gasteiger partial charge < -0.3 is 4.74 Å². The number of carbonyl (C=O) groups excluding carboxylic acids is 2. The smallest absolute Gasteiger partial charge is 0.309 e. The first-order valence-electron chi connectivity index (χ1n) is 9.98. The van der Waals surface area contributed by atoms with Crippen molar-refractivity contribution in [3.05, 3.63) is 59.2 Å². The molecule has 8 heteroatoms. The molecule has 0 aliphatic carbocycles. The number of rotatable bonds is 3. The zero-order valence-electron chi connectivity index (χ0n) is 17.8. The Morgan fingerprint density at radius 3 is 2.48 bits per heavy atom. The molecule has 1 unspecified atom stereocenters. The number of esters is 1. The molecular formula is C23H23ClN4O3. The van der Waals surface area contributed by atoms with E-state index >= 15 is 0 Å². The van der Waals surface area contributed by atoms with Crippen molar-refractivity contribution in [3.63, 3.8) is 0 Å². The highest BCUT2D eigenvalue weighted by Crippen LogP contribution is 2.42. The SMILES string of the molecule is Cc1nnn2c1-c1ccccc1N(c1ccc(Cl)cc1)C(=O)C2CC(=O)OC(C)(C)C. The number of hydrogen-bond acceptors (Lipinski definition) is 5. The summed E-state index contributed by atoms with van der Waals surface area (Å²) in [5, 5.41) is 8.98. The van der Waals surface area contributed by atoms with Crippen LogP contribution in [0.1, 0.15) is 38.9 Å². The molecule has 160 valence electrons. The van der Waals surface area contributed by atoms with Gasteiger partial charge in [-0.15, -0.1) is 5.10 Å². The predicted molar refractivity (Wildman–Crippen MR) is 118 cm³/mol. The first-order chi connectivity index (χ1) is 14.7. The number of halogens is 1. The molecule has 7 nitrogen and oxygen atoms in total. The van der Waals surface area contributed by atoms with Gasteiger partial charge in [-0.05, 0) is 58.0 Å². The van der Waals surface area contributed by atoms with Gasteiger partial charge in [0.15, 0.2) is 0 Å². The Balaban J connectivity index is 1.88. The number of ether oxygens (including phenoxy) is 1. The maximum atomic E-state index is 13.9. The summed E-state index contributed by atoms with van der Waals surface area (Å²) in [6.07, 6.45) is -0.163. The number of aromatic nitrogens is 3. The average Bonchev–Trinajstić information content (AvgIpc) is 3.03. The van der Waals surface area contributed by atoms with Crippen molar-refractivity contribution in [2.45, 2.75) is 45.8 Å². The Kier molecular flexibility index (Phi) is 5.31. The second-order valence-electron chi connectivity index (χ2n) is 8.44. The topological polar surface area (TPSA) is 77.3 Å². The van der Waals surface area contributed by atoms with Crippen molar-refractivity contribution in [2.75, 3.05) is 4.90 Å². The fourth-order valence-electron chi connectivity index (χ4n) is 3.72. The molecule has 4 rings (SSSR count). The Labute approximate surface area is 185 Å². The summed E-state index contributed by atoms with van der Waals surface area (Å²) in [6.45, 7) is 7.21. The van der Waals surface area contributed by atoms with E-state index in [2.05, 4.69) is 10.3 Å². The molecule has 0 radical (unpaired) electrons. The van der Waals surface area contributed by atoms with Crippen LogP contribution < -0.4 is 4.90 Å². The Hall–Kier alpha value is -3.19. The fraction of sp³-hybridized carbons (Fsp3) is 0.304. The second kappa shape index (κ2) is 7.81. The van der Waals surface area contributed by atoms with Crippen LogP contribution >= 0.6 is 11.6 Å².